The molecular formula is C20H22N6O. The molecule has 0 spiro atoms. The first-order chi connectivity index (χ1) is 13.1. The van der Waals surface area contributed by atoms with E-state index >= 15 is 0 Å². The lowest BCUT2D eigenvalue weighted by Gasteiger charge is -2.28. The maximum absolute atomic E-state index is 6.11. The largest absolute Gasteiger partial charge is 0.488 e. The van der Waals surface area contributed by atoms with Crippen LogP contribution >= 0.6 is 0 Å². The second-order valence-corrected chi connectivity index (χ2v) is 7.57. The minimum atomic E-state index is -0.00653. The molecule has 7 nitrogen and oxygen atoms in total. The Labute approximate surface area is 157 Å². The van der Waals surface area contributed by atoms with E-state index in [-0.39, 0.29) is 5.60 Å². The third-order valence-corrected chi connectivity index (χ3v) is 5.24. The van der Waals surface area contributed by atoms with Gasteiger partial charge in [0.05, 0.1) is 11.2 Å². The highest BCUT2D eigenvalue weighted by Gasteiger charge is 2.40. The van der Waals surface area contributed by atoms with E-state index in [2.05, 4.69) is 56.2 Å². The third-order valence-electron chi connectivity index (χ3n) is 5.24. The average Bonchev–Trinajstić information content (AvgIpc) is 3.25. The molecule has 5 rings (SSSR count). The summed E-state index contributed by atoms with van der Waals surface area (Å²) in [6.45, 7) is 4.00. The molecule has 1 saturated carbocycles. The van der Waals surface area contributed by atoms with Gasteiger partial charge in [-0.2, -0.15) is 5.10 Å². The van der Waals surface area contributed by atoms with Gasteiger partial charge in [-0.1, -0.05) is 0 Å². The van der Waals surface area contributed by atoms with Crippen LogP contribution in [0.4, 0.5) is 5.82 Å². The van der Waals surface area contributed by atoms with E-state index < -0.39 is 0 Å². The smallest absolute Gasteiger partial charge is 0.136 e. The molecule has 7 heteroatoms. The summed E-state index contributed by atoms with van der Waals surface area (Å²) >= 11 is 0. The van der Waals surface area contributed by atoms with Gasteiger partial charge in [0.1, 0.15) is 29.2 Å². The zero-order chi connectivity index (χ0) is 18.4. The molecule has 1 aliphatic carbocycles. The summed E-state index contributed by atoms with van der Waals surface area (Å²) in [5.74, 6) is 1.75. The van der Waals surface area contributed by atoms with Crippen LogP contribution in [0.2, 0.25) is 0 Å². The molecule has 0 saturated heterocycles. The van der Waals surface area contributed by atoms with Crippen molar-refractivity contribution < 1.29 is 4.74 Å². The Bertz CT molecular complexity index is 1020. The summed E-state index contributed by atoms with van der Waals surface area (Å²) in [6.07, 6.45) is 7.91. The SMILES string of the molecule is CN1C=CN(c2cc(-c3n[nH]c4ccc(OC5(C)CC5)cc34)ncn2)CC1. The van der Waals surface area contributed by atoms with Gasteiger partial charge in [-0.3, -0.25) is 5.10 Å². The van der Waals surface area contributed by atoms with Crippen LogP contribution in [0.5, 0.6) is 5.75 Å². The predicted molar refractivity (Wildman–Crippen MR) is 105 cm³/mol. The van der Waals surface area contributed by atoms with E-state index in [1.165, 1.54) is 0 Å². The van der Waals surface area contributed by atoms with E-state index in [0.717, 1.165) is 59.8 Å². The molecule has 0 amide bonds. The minimum Gasteiger partial charge on any atom is -0.488 e. The number of nitrogens with zero attached hydrogens (tertiary/aromatic N) is 5. The Kier molecular flexibility index (Phi) is 3.56. The molecule has 27 heavy (non-hydrogen) atoms. The number of aromatic amines is 1. The molecule has 1 aromatic carbocycles. The van der Waals surface area contributed by atoms with Crippen LogP contribution in [0, 0.1) is 0 Å². The van der Waals surface area contributed by atoms with E-state index in [1.54, 1.807) is 6.33 Å². The molecule has 138 valence electrons. The monoisotopic (exact) mass is 362 g/mol. The van der Waals surface area contributed by atoms with Crippen molar-refractivity contribution in [3.63, 3.8) is 0 Å². The number of rotatable bonds is 4. The number of nitrogens with one attached hydrogen (secondary N) is 1. The van der Waals surface area contributed by atoms with Gasteiger partial charge < -0.3 is 14.5 Å². The second kappa shape index (κ2) is 5.97. The van der Waals surface area contributed by atoms with Gasteiger partial charge in [0.15, 0.2) is 0 Å². The predicted octanol–water partition coefficient (Wildman–Crippen LogP) is 3.17. The lowest BCUT2D eigenvalue weighted by molar-refractivity contribution is 0.200. The summed E-state index contributed by atoms with van der Waals surface area (Å²) in [5.41, 5.74) is 2.58. The van der Waals surface area contributed by atoms with Crippen molar-refractivity contribution >= 4 is 16.7 Å². The molecule has 1 N–H and O–H groups in total. The minimum absolute atomic E-state index is 0.00653. The number of aromatic nitrogens is 4. The zero-order valence-corrected chi connectivity index (χ0v) is 15.5. The summed E-state index contributed by atoms with van der Waals surface area (Å²) < 4.78 is 6.11. The molecular weight excluding hydrogens is 340 g/mol. The summed E-state index contributed by atoms with van der Waals surface area (Å²) in [6, 6.07) is 8.04. The van der Waals surface area contributed by atoms with Gasteiger partial charge in [-0.15, -0.1) is 0 Å². The number of ether oxygens (including phenoxy) is 1. The van der Waals surface area contributed by atoms with Crippen LogP contribution in [0.15, 0.2) is 43.0 Å². The highest BCUT2D eigenvalue weighted by atomic mass is 16.5. The zero-order valence-electron chi connectivity index (χ0n) is 15.5. The molecule has 2 aliphatic rings. The van der Waals surface area contributed by atoms with Crippen molar-refractivity contribution in [2.24, 2.45) is 0 Å². The highest BCUT2D eigenvalue weighted by molar-refractivity contribution is 5.93. The maximum atomic E-state index is 6.11. The van der Waals surface area contributed by atoms with Crippen molar-refractivity contribution in [2.75, 3.05) is 25.0 Å². The molecule has 0 bridgehead atoms. The highest BCUT2D eigenvalue weighted by Crippen LogP contribution is 2.40. The van der Waals surface area contributed by atoms with Gasteiger partial charge >= 0.3 is 0 Å². The van der Waals surface area contributed by atoms with Crippen LogP contribution in [0.3, 0.4) is 0 Å². The van der Waals surface area contributed by atoms with E-state index in [1.807, 2.05) is 24.4 Å². The first-order valence-electron chi connectivity index (χ1n) is 9.24. The lowest BCUT2D eigenvalue weighted by atomic mass is 10.1. The normalized spacial score (nSPS) is 18.1. The van der Waals surface area contributed by atoms with Gasteiger partial charge in [-0.25, -0.2) is 9.97 Å². The summed E-state index contributed by atoms with van der Waals surface area (Å²) in [5, 5.41) is 8.61. The molecule has 2 aromatic heterocycles. The average molecular weight is 362 g/mol. The molecule has 1 aliphatic heterocycles. The van der Waals surface area contributed by atoms with Crippen LogP contribution < -0.4 is 9.64 Å². The fourth-order valence-corrected chi connectivity index (χ4v) is 3.25. The number of fused-ring (bicyclic) bond motifs is 1. The Hall–Kier alpha value is -3.09. The van der Waals surface area contributed by atoms with E-state index in [0.29, 0.717) is 0 Å². The lowest BCUT2D eigenvalue weighted by Crippen LogP contribution is -2.32. The van der Waals surface area contributed by atoms with Crippen molar-refractivity contribution in [3.05, 3.63) is 43.0 Å². The van der Waals surface area contributed by atoms with Crippen molar-refractivity contribution in [1.82, 2.24) is 25.1 Å². The number of H-pyrrole nitrogens is 1. The summed E-state index contributed by atoms with van der Waals surface area (Å²) in [7, 11) is 2.07. The van der Waals surface area contributed by atoms with Crippen molar-refractivity contribution in [3.8, 4) is 17.1 Å². The Balaban J connectivity index is 1.50. The molecule has 1 fully saturated rings. The second-order valence-electron chi connectivity index (χ2n) is 7.57. The van der Waals surface area contributed by atoms with Crippen LogP contribution in [-0.2, 0) is 0 Å². The number of likely N-dealkylation sites (N-methyl/N-ethyl adjacent to an activating group) is 1. The van der Waals surface area contributed by atoms with E-state index in [9.17, 15) is 0 Å². The molecule has 3 heterocycles. The van der Waals surface area contributed by atoms with Crippen molar-refractivity contribution in [2.45, 2.75) is 25.4 Å². The molecule has 0 radical (unpaired) electrons. The van der Waals surface area contributed by atoms with Crippen molar-refractivity contribution in [1.29, 1.82) is 0 Å². The Morgan fingerprint density at radius 1 is 1.11 bits per heavy atom. The fourth-order valence-electron chi connectivity index (χ4n) is 3.25. The van der Waals surface area contributed by atoms with Crippen LogP contribution in [0.25, 0.3) is 22.3 Å². The third kappa shape index (κ3) is 3.09. The van der Waals surface area contributed by atoms with Gasteiger partial charge in [0.2, 0.25) is 0 Å². The standard InChI is InChI=1S/C20H22N6O/c1-20(5-6-20)27-14-3-4-16-15(11-14)19(24-23-16)17-12-18(22-13-21-17)26-9-7-25(2)8-10-26/h3-4,7,9,11-13H,5-6,8,10H2,1-2H3,(H,23,24). The molecule has 0 atom stereocenters. The van der Waals surface area contributed by atoms with Crippen LogP contribution in [-0.4, -0.2) is 50.8 Å². The summed E-state index contributed by atoms with van der Waals surface area (Å²) in [4.78, 5) is 13.2. The van der Waals surface area contributed by atoms with Gasteiger partial charge in [0.25, 0.3) is 0 Å². The molecule has 3 aromatic rings. The fraction of sp³-hybridized carbons (Fsp3) is 0.350. The first-order valence-corrected chi connectivity index (χ1v) is 9.24. The number of hydrogen-bond acceptors (Lipinski definition) is 6. The number of anilines is 1. The topological polar surface area (TPSA) is 70.2 Å². The Morgan fingerprint density at radius 3 is 2.78 bits per heavy atom. The Morgan fingerprint density at radius 2 is 2.00 bits per heavy atom. The van der Waals surface area contributed by atoms with Gasteiger partial charge in [-0.05, 0) is 38.0 Å². The first kappa shape index (κ1) is 16.1. The van der Waals surface area contributed by atoms with Crippen LogP contribution in [0.1, 0.15) is 19.8 Å². The number of benzene rings is 1. The van der Waals surface area contributed by atoms with Gasteiger partial charge in [0, 0.05) is 44.0 Å². The van der Waals surface area contributed by atoms with E-state index in [4.69, 9.17) is 4.74 Å². The quantitative estimate of drug-likeness (QED) is 0.769. The molecule has 0 unspecified atom stereocenters. The number of hydrogen-bond donors (Lipinski definition) is 1. The maximum Gasteiger partial charge on any atom is 0.136 e.